The zero-order valence-electron chi connectivity index (χ0n) is 23.3. The molecule has 38 heavy (non-hydrogen) atoms. The summed E-state index contributed by atoms with van der Waals surface area (Å²) in [6.45, 7) is 11.6. The average molecular weight is 537 g/mol. The van der Waals surface area contributed by atoms with Gasteiger partial charge in [0.1, 0.15) is 18.3 Å². The lowest BCUT2D eigenvalue weighted by Crippen LogP contribution is -2.66. The molecule has 0 aromatic heterocycles. The highest BCUT2D eigenvalue weighted by Gasteiger charge is 2.87. The van der Waals surface area contributed by atoms with Gasteiger partial charge in [0.2, 0.25) is 0 Å². The van der Waals surface area contributed by atoms with Gasteiger partial charge in [0.05, 0.1) is 6.10 Å². The molecule has 2 aliphatic carbocycles. The number of epoxide rings is 1. The fourth-order valence-electron chi connectivity index (χ4n) is 7.14. The van der Waals surface area contributed by atoms with Crippen molar-refractivity contribution in [3.63, 3.8) is 0 Å². The highest BCUT2D eigenvalue weighted by atomic mass is 16.7. The fourth-order valence-corrected chi connectivity index (χ4v) is 7.14. The minimum absolute atomic E-state index is 0.112. The standard InChI is InChI=1S/C28H40O10/c1-8-9-22(32)36-19-11-10-14(2)12-21-28(27(7,38-28)25(33)37-21)24(35-17(5)30)23-15(3)18(31)13-20(26(19,23)6)34-16(4)29/h12,15,18-21,23-24,31H,8-11,13H2,1-7H3/b14-12-/t15-,18+,19+,20-,21-,23+,24?,26-,27-,28-/m0/s1. The zero-order valence-corrected chi connectivity index (χ0v) is 23.3. The molecule has 3 fully saturated rings. The number of aliphatic hydroxyl groups is 1. The molecule has 2 aliphatic heterocycles. The predicted molar refractivity (Wildman–Crippen MR) is 132 cm³/mol. The van der Waals surface area contributed by atoms with E-state index in [-0.39, 0.29) is 18.8 Å². The van der Waals surface area contributed by atoms with Crippen molar-refractivity contribution in [2.45, 2.75) is 122 Å². The molecule has 212 valence electrons. The van der Waals surface area contributed by atoms with Crippen LogP contribution in [-0.4, -0.2) is 70.7 Å². The van der Waals surface area contributed by atoms with Crippen LogP contribution in [-0.2, 0) is 42.9 Å². The molecular weight excluding hydrogens is 496 g/mol. The number of esters is 4. The van der Waals surface area contributed by atoms with Crippen LogP contribution in [0.25, 0.3) is 0 Å². The van der Waals surface area contributed by atoms with Crippen molar-refractivity contribution < 1.29 is 48.0 Å². The Morgan fingerprint density at radius 2 is 1.76 bits per heavy atom. The topological polar surface area (TPSA) is 138 Å². The van der Waals surface area contributed by atoms with Crippen LogP contribution in [0.5, 0.6) is 0 Å². The van der Waals surface area contributed by atoms with Crippen molar-refractivity contribution in [3.8, 4) is 0 Å². The van der Waals surface area contributed by atoms with Crippen LogP contribution >= 0.6 is 0 Å². The van der Waals surface area contributed by atoms with Gasteiger partial charge in [-0.05, 0) is 45.1 Å². The molecule has 4 rings (SSSR count). The van der Waals surface area contributed by atoms with Gasteiger partial charge in [-0.3, -0.25) is 14.4 Å². The first-order chi connectivity index (χ1) is 17.7. The van der Waals surface area contributed by atoms with Crippen LogP contribution in [0.3, 0.4) is 0 Å². The lowest BCUT2D eigenvalue weighted by Gasteiger charge is -2.56. The number of hydrogen-bond donors (Lipinski definition) is 1. The fraction of sp³-hybridized carbons (Fsp3) is 0.786. The number of carbonyl (C=O) groups is 4. The third-order valence-electron chi connectivity index (χ3n) is 9.17. The highest BCUT2D eigenvalue weighted by molar-refractivity contribution is 5.89. The molecule has 0 bridgehead atoms. The molecule has 2 saturated heterocycles. The molecule has 2 heterocycles. The number of aliphatic hydroxyl groups excluding tert-OH is 1. The summed E-state index contributed by atoms with van der Waals surface area (Å²) in [4.78, 5) is 50.8. The van der Waals surface area contributed by atoms with E-state index in [4.69, 9.17) is 23.7 Å². The Balaban J connectivity index is 1.96. The maximum atomic E-state index is 13.0. The van der Waals surface area contributed by atoms with Crippen LogP contribution in [0.15, 0.2) is 11.6 Å². The number of rotatable bonds is 5. The quantitative estimate of drug-likeness (QED) is 0.242. The first kappa shape index (κ1) is 28.5. The van der Waals surface area contributed by atoms with E-state index in [0.717, 1.165) is 5.57 Å². The zero-order chi connectivity index (χ0) is 28.2. The summed E-state index contributed by atoms with van der Waals surface area (Å²) in [5.74, 6) is -3.33. The minimum atomic E-state index is -1.37. The van der Waals surface area contributed by atoms with Crippen molar-refractivity contribution in [3.05, 3.63) is 11.6 Å². The summed E-state index contributed by atoms with van der Waals surface area (Å²) < 4.78 is 29.9. The first-order valence-corrected chi connectivity index (χ1v) is 13.5. The number of fused-ring (bicyclic) bond motifs is 1. The third kappa shape index (κ3) is 4.33. The van der Waals surface area contributed by atoms with Gasteiger partial charge in [0.15, 0.2) is 17.3 Å². The molecule has 1 spiro atoms. The van der Waals surface area contributed by atoms with Crippen LogP contribution in [0.4, 0.5) is 0 Å². The van der Waals surface area contributed by atoms with Crippen LogP contribution in [0.2, 0.25) is 0 Å². The van der Waals surface area contributed by atoms with Crippen molar-refractivity contribution in [2.75, 3.05) is 0 Å². The maximum Gasteiger partial charge on any atom is 0.342 e. The summed E-state index contributed by atoms with van der Waals surface area (Å²) >= 11 is 0. The number of hydrogen-bond acceptors (Lipinski definition) is 10. The van der Waals surface area contributed by atoms with E-state index < -0.39 is 76.9 Å². The minimum Gasteiger partial charge on any atom is -0.462 e. The van der Waals surface area contributed by atoms with Crippen LogP contribution in [0, 0.1) is 17.3 Å². The molecule has 0 amide bonds. The molecule has 10 nitrogen and oxygen atoms in total. The SMILES string of the molecule is CCCC(=O)O[C@@H]1CC/C(C)=C\[C@@H]2OC(=O)[C@]3(C)O[C@]23C(OC(C)=O)[C@H]2[C@@H](C)[C@H](O)C[C@H](OC(C)=O)[C@]12C. The van der Waals surface area contributed by atoms with Gasteiger partial charge in [0.25, 0.3) is 0 Å². The van der Waals surface area contributed by atoms with Gasteiger partial charge in [-0.15, -0.1) is 0 Å². The highest BCUT2D eigenvalue weighted by Crippen LogP contribution is 2.65. The Bertz CT molecular complexity index is 1040. The van der Waals surface area contributed by atoms with E-state index in [0.29, 0.717) is 19.3 Å². The van der Waals surface area contributed by atoms with Crippen molar-refractivity contribution >= 4 is 23.9 Å². The second-order valence-electron chi connectivity index (χ2n) is 11.7. The molecule has 0 aromatic rings. The summed E-state index contributed by atoms with van der Waals surface area (Å²) in [6.07, 6.45) is -0.812. The lowest BCUT2D eigenvalue weighted by molar-refractivity contribution is -0.232. The Labute approximate surface area is 223 Å². The second kappa shape index (κ2) is 9.93. The Kier molecular flexibility index (Phi) is 7.46. The third-order valence-corrected chi connectivity index (χ3v) is 9.17. The van der Waals surface area contributed by atoms with E-state index in [1.165, 1.54) is 13.8 Å². The van der Waals surface area contributed by atoms with E-state index >= 15 is 0 Å². The largest absolute Gasteiger partial charge is 0.462 e. The molecule has 1 N–H and O–H groups in total. The van der Waals surface area contributed by atoms with E-state index in [9.17, 15) is 24.3 Å². The Hall–Kier alpha value is -2.46. The average Bonchev–Trinajstić information content (AvgIpc) is 3.40. The monoisotopic (exact) mass is 536 g/mol. The number of carbonyl (C=O) groups excluding carboxylic acids is 4. The summed E-state index contributed by atoms with van der Waals surface area (Å²) in [6, 6.07) is 0. The Morgan fingerprint density at radius 3 is 2.34 bits per heavy atom. The molecule has 0 aromatic carbocycles. The van der Waals surface area contributed by atoms with Crippen LogP contribution in [0.1, 0.15) is 80.6 Å². The molecule has 4 aliphatic rings. The van der Waals surface area contributed by atoms with E-state index in [1.807, 2.05) is 33.8 Å². The van der Waals surface area contributed by atoms with Crippen molar-refractivity contribution in [1.29, 1.82) is 0 Å². The predicted octanol–water partition coefficient (Wildman–Crippen LogP) is 2.78. The van der Waals surface area contributed by atoms with Crippen LogP contribution < -0.4 is 0 Å². The van der Waals surface area contributed by atoms with Gasteiger partial charge in [0, 0.05) is 38.0 Å². The molecule has 0 radical (unpaired) electrons. The van der Waals surface area contributed by atoms with Gasteiger partial charge in [-0.2, -0.15) is 0 Å². The first-order valence-electron chi connectivity index (χ1n) is 13.5. The number of ether oxygens (including phenoxy) is 5. The van der Waals surface area contributed by atoms with Crippen molar-refractivity contribution in [2.24, 2.45) is 17.3 Å². The summed E-state index contributed by atoms with van der Waals surface area (Å²) in [5, 5.41) is 11.2. The van der Waals surface area contributed by atoms with Gasteiger partial charge < -0.3 is 28.8 Å². The lowest BCUT2D eigenvalue weighted by atomic mass is 9.53. The smallest absolute Gasteiger partial charge is 0.342 e. The van der Waals surface area contributed by atoms with Gasteiger partial charge >= 0.3 is 23.9 Å². The summed E-state index contributed by atoms with van der Waals surface area (Å²) in [5.41, 5.74) is -2.95. The van der Waals surface area contributed by atoms with E-state index in [1.54, 1.807) is 6.92 Å². The second-order valence-corrected chi connectivity index (χ2v) is 11.7. The Morgan fingerprint density at radius 1 is 1.11 bits per heavy atom. The van der Waals surface area contributed by atoms with Gasteiger partial charge in [-0.1, -0.05) is 26.3 Å². The number of allylic oxidation sites excluding steroid dienone is 1. The summed E-state index contributed by atoms with van der Waals surface area (Å²) in [7, 11) is 0. The normalized spacial score (nSPS) is 45.2. The maximum absolute atomic E-state index is 13.0. The van der Waals surface area contributed by atoms with Crippen molar-refractivity contribution in [1.82, 2.24) is 0 Å². The van der Waals surface area contributed by atoms with E-state index in [2.05, 4.69) is 0 Å². The molecule has 1 unspecified atom stereocenters. The molecule has 10 atom stereocenters. The van der Waals surface area contributed by atoms with Gasteiger partial charge in [-0.25, -0.2) is 4.79 Å². The molecular formula is C28H40O10. The molecule has 10 heteroatoms. The molecule has 1 saturated carbocycles.